The Morgan fingerprint density at radius 3 is 2.80 bits per heavy atom. The van der Waals surface area contributed by atoms with Crippen molar-refractivity contribution >= 4 is 16.7 Å². The molecule has 1 atom stereocenters. The lowest BCUT2D eigenvalue weighted by molar-refractivity contribution is 0.0636. The summed E-state index contributed by atoms with van der Waals surface area (Å²) < 4.78 is 19.5. The summed E-state index contributed by atoms with van der Waals surface area (Å²) in [6.07, 6.45) is 3.99. The van der Waals surface area contributed by atoms with Crippen molar-refractivity contribution in [2.45, 2.75) is 32.0 Å². The van der Waals surface area contributed by atoms with E-state index in [1.54, 1.807) is 17.4 Å². The van der Waals surface area contributed by atoms with E-state index in [1.165, 1.54) is 13.8 Å². The maximum atomic E-state index is 14.1. The van der Waals surface area contributed by atoms with Crippen molar-refractivity contribution in [2.75, 3.05) is 6.54 Å². The first-order chi connectivity index (χ1) is 14.4. The molecule has 1 N–H and O–H groups in total. The first-order valence-corrected chi connectivity index (χ1v) is 9.62. The summed E-state index contributed by atoms with van der Waals surface area (Å²) >= 11 is 0. The molecule has 1 aliphatic rings. The van der Waals surface area contributed by atoms with Crippen LogP contribution in [0, 0.1) is 0 Å². The van der Waals surface area contributed by atoms with Crippen LogP contribution in [0.1, 0.15) is 53.5 Å². The lowest BCUT2D eigenvalue weighted by Gasteiger charge is -2.33. The second-order valence-electron chi connectivity index (χ2n) is 7.76. The molecule has 0 aliphatic carbocycles. The van der Waals surface area contributed by atoms with Crippen LogP contribution in [-0.2, 0) is 12.1 Å². The van der Waals surface area contributed by atoms with Gasteiger partial charge in [-0.3, -0.25) is 9.78 Å². The molecule has 0 spiro atoms. The Bertz CT molecular complexity index is 1240. The van der Waals surface area contributed by atoms with Gasteiger partial charge >= 0.3 is 11.8 Å². The van der Waals surface area contributed by atoms with Crippen molar-refractivity contribution in [3.8, 4) is 0 Å². The average molecular weight is 406 g/mol. The monoisotopic (exact) mass is 406 g/mol. The van der Waals surface area contributed by atoms with E-state index in [4.69, 9.17) is 4.42 Å². The third kappa shape index (κ3) is 3.02. The Hall–Kier alpha value is -3.62. The summed E-state index contributed by atoms with van der Waals surface area (Å²) in [5.74, 6) is -0.962. The Balaban J connectivity index is 1.58. The minimum Gasteiger partial charge on any atom is -0.413 e. The summed E-state index contributed by atoms with van der Waals surface area (Å²) in [5, 5.41) is 9.50. The second-order valence-corrected chi connectivity index (χ2v) is 7.76. The first kappa shape index (κ1) is 18.4. The van der Waals surface area contributed by atoms with Crippen LogP contribution in [0.4, 0.5) is 4.39 Å². The summed E-state index contributed by atoms with van der Waals surface area (Å²) in [6, 6.07) is 9.31. The van der Waals surface area contributed by atoms with Crippen LogP contribution in [0.15, 0.2) is 47.3 Å². The smallest absolute Gasteiger partial charge is 0.312 e. The number of alkyl halides is 1. The molecule has 152 valence electrons. The van der Waals surface area contributed by atoms with Gasteiger partial charge in [-0.25, -0.2) is 9.37 Å². The molecule has 4 heterocycles. The number of pyridine rings is 1. The predicted molar refractivity (Wildman–Crippen MR) is 105 cm³/mol. The maximum absolute atomic E-state index is 14.1. The van der Waals surface area contributed by atoms with Gasteiger partial charge in [0.2, 0.25) is 0 Å². The second kappa shape index (κ2) is 6.72. The highest BCUT2D eigenvalue weighted by Gasteiger charge is 2.38. The van der Waals surface area contributed by atoms with E-state index in [0.29, 0.717) is 18.7 Å². The zero-order chi connectivity index (χ0) is 20.9. The third-order valence-electron chi connectivity index (χ3n) is 5.23. The molecular formula is C21H19FN6O2. The molecule has 8 nitrogen and oxygen atoms in total. The molecule has 1 amide bonds. The van der Waals surface area contributed by atoms with Gasteiger partial charge in [0, 0.05) is 30.2 Å². The quantitative estimate of drug-likeness (QED) is 0.560. The van der Waals surface area contributed by atoms with E-state index in [-0.39, 0.29) is 11.8 Å². The van der Waals surface area contributed by atoms with Gasteiger partial charge in [0.25, 0.3) is 5.89 Å². The highest BCUT2D eigenvalue weighted by molar-refractivity contribution is 5.90. The number of benzene rings is 1. The van der Waals surface area contributed by atoms with Crippen molar-refractivity contribution in [3.63, 3.8) is 0 Å². The highest BCUT2D eigenvalue weighted by atomic mass is 19.1. The van der Waals surface area contributed by atoms with Gasteiger partial charge < -0.3 is 14.3 Å². The van der Waals surface area contributed by atoms with Gasteiger partial charge in [0.1, 0.15) is 6.04 Å². The van der Waals surface area contributed by atoms with E-state index >= 15 is 0 Å². The molecule has 0 fully saturated rings. The maximum Gasteiger partial charge on any atom is 0.312 e. The van der Waals surface area contributed by atoms with Gasteiger partial charge in [-0.1, -0.05) is 24.3 Å². The number of carbonyl (C=O) groups is 1. The molecule has 4 aromatic rings. The van der Waals surface area contributed by atoms with E-state index in [2.05, 4.69) is 25.1 Å². The molecule has 3 aromatic heterocycles. The fraction of sp³-hybridized carbons (Fsp3) is 0.286. The molecule has 5 rings (SSSR count). The van der Waals surface area contributed by atoms with E-state index < -0.39 is 17.6 Å². The third-order valence-corrected chi connectivity index (χ3v) is 5.23. The highest BCUT2D eigenvalue weighted by Crippen LogP contribution is 2.34. The van der Waals surface area contributed by atoms with E-state index in [9.17, 15) is 9.18 Å². The van der Waals surface area contributed by atoms with Crippen molar-refractivity contribution in [3.05, 3.63) is 71.7 Å². The fourth-order valence-corrected chi connectivity index (χ4v) is 3.72. The van der Waals surface area contributed by atoms with E-state index in [0.717, 1.165) is 22.2 Å². The number of nitrogens with one attached hydrogen (secondary N) is 1. The Kier molecular flexibility index (Phi) is 4.12. The number of halogens is 1. The Morgan fingerprint density at radius 2 is 2.03 bits per heavy atom. The molecule has 1 aromatic carbocycles. The summed E-state index contributed by atoms with van der Waals surface area (Å²) in [4.78, 5) is 27.1. The summed E-state index contributed by atoms with van der Waals surface area (Å²) in [7, 11) is 0. The lowest BCUT2D eigenvalue weighted by Crippen LogP contribution is -2.41. The van der Waals surface area contributed by atoms with Gasteiger partial charge in [-0.2, -0.15) is 0 Å². The van der Waals surface area contributed by atoms with Crippen molar-refractivity contribution in [1.82, 2.24) is 30.0 Å². The number of aromatic nitrogens is 5. The van der Waals surface area contributed by atoms with Crippen LogP contribution in [0.2, 0.25) is 0 Å². The number of nitrogens with zero attached hydrogens (tertiary/aromatic N) is 5. The molecule has 0 unspecified atom stereocenters. The van der Waals surface area contributed by atoms with Gasteiger partial charge in [0.15, 0.2) is 5.67 Å². The number of carbonyl (C=O) groups excluding carboxylic acids is 1. The molecule has 0 radical (unpaired) electrons. The number of imidazole rings is 1. The number of H-pyrrole nitrogens is 1. The molecule has 9 heteroatoms. The average Bonchev–Trinajstić information content (AvgIpc) is 3.41. The standard InChI is InChI=1S/C21H19FN6O2/c1-21(2,22)20-27-26-18(30-20)19(29)28-8-7-14-16(25-11-24-14)17(28)15-9-12-5-3-4-6-13(12)10-23-15/h3-6,9-11,17H,7-8H2,1-2H3,(H,24,25)/t17-/m1/s1. The molecule has 0 bridgehead atoms. The van der Waals surface area contributed by atoms with Gasteiger partial charge in [-0.05, 0) is 25.3 Å². The number of aromatic amines is 1. The zero-order valence-corrected chi connectivity index (χ0v) is 16.5. The lowest BCUT2D eigenvalue weighted by atomic mass is 9.98. The fourth-order valence-electron chi connectivity index (χ4n) is 3.72. The van der Waals surface area contributed by atoms with Crippen LogP contribution >= 0.6 is 0 Å². The number of rotatable bonds is 3. The van der Waals surface area contributed by atoms with Crippen LogP contribution in [-0.4, -0.2) is 42.5 Å². The van der Waals surface area contributed by atoms with Gasteiger partial charge in [0.05, 0.1) is 17.7 Å². The SMILES string of the molecule is CC(C)(F)c1nnc(C(=O)N2CCc3[nH]cnc3[C@H]2c2cc3ccccc3cn2)o1. The van der Waals surface area contributed by atoms with Crippen LogP contribution in [0.3, 0.4) is 0 Å². The van der Waals surface area contributed by atoms with Crippen LogP contribution in [0.25, 0.3) is 10.8 Å². The Labute approximate surface area is 171 Å². The first-order valence-electron chi connectivity index (χ1n) is 9.62. The van der Waals surface area contributed by atoms with Crippen LogP contribution < -0.4 is 0 Å². The molecule has 0 saturated heterocycles. The minimum atomic E-state index is -1.83. The molecule has 30 heavy (non-hydrogen) atoms. The minimum absolute atomic E-state index is 0.233. The van der Waals surface area contributed by atoms with Crippen molar-refractivity contribution < 1.29 is 13.6 Å². The van der Waals surface area contributed by atoms with Crippen LogP contribution in [0.5, 0.6) is 0 Å². The van der Waals surface area contributed by atoms with E-state index in [1.807, 2.05) is 30.3 Å². The number of fused-ring (bicyclic) bond motifs is 2. The van der Waals surface area contributed by atoms with Gasteiger partial charge in [-0.15, -0.1) is 10.2 Å². The van der Waals surface area contributed by atoms with Crippen molar-refractivity contribution in [2.24, 2.45) is 0 Å². The summed E-state index contributed by atoms with van der Waals surface area (Å²) in [6.45, 7) is 3.00. The zero-order valence-electron chi connectivity index (χ0n) is 16.5. The van der Waals surface area contributed by atoms with Crippen molar-refractivity contribution in [1.29, 1.82) is 0 Å². The number of hydrogen-bond donors (Lipinski definition) is 1. The molecular weight excluding hydrogens is 387 g/mol. The molecule has 0 saturated carbocycles. The number of amides is 1. The predicted octanol–water partition coefficient (Wildman–Crippen LogP) is 3.33. The molecule has 1 aliphatic heterocycles. The number of hydrogen-bond acceptors (Lipinski definition) is 6. The largest absolute Gasteiger partial charge is 0.413 e. The Morgan fingerprint density at radius 1 is 1.23 bits per heavy atom. The topological polar surface area (TPSA) is 101 Å². The summed E-state index contributed by atoms with van der Waals surface area (Å²) in [5.41, 5.74) is 0.529. The normalized spacial score (nSPS) is 16.6.